The molecule has 5 atom stereocenters. The Balaban J connectivity index is 2.19. The van der Waals surface area contributed by atoms with Gasteiger partial charge in [0.2, 0.25) is 0 Å². The standard InChI is InChI=1S/C30H58O4Si2/c1-14-16-19-29(34-36(12,13)28(7,8)9)21-22-30(33-26(29)15-2)20-17-24(3)25(32-30)18-23-31-35(10,11)27(4,5)6/h2,24-26H,14,16-23H2,1,3-13H3/t24-,25+,26-,29+,30-/m0/s1. The minimum atomic E-state index is -2.04. The summed E-state index contributed by atoms with van der Waals surface area (Å²) >= 11 is 0. The van der Waals surface area contributed by atoms with Crippen LogP contribution in [0.1, 0.15) is 107 Å². The second-order valence-electron chi connectivity index (χ2n) is 14.7. The highest BCUT2D eigenvalue weighted by Crippen LogP contribution is 2.50. The largest absolute Gasteiger partial charge is 0.417 e. The minimum Gasteiger partial charge on any atom is -0.417 e. The van der Waals surface area contributed by atoms with Crippen LogP contribution in [0.2, 0.25) is 36.3 Å². The average Bonchev–Trinajstić information content (AvgIpc) is 2.74. The van der Waals surface area contributed by atoms with E-state index < -0.39 is 28.0 Å². The SMILES string of the molecule is C#C[C@@H]1O[C@@]2(CC[C@H](C)[C@@H](CCO[Si](C)(C)C(C)(C)C)O2)CC[C@@]1(CCCC)O[Si](C)(C)C(C)(C)C. The molecular weight excluding hydrogens is 480 g/mol. The molecule has 0 aromatic carbocycles. The fraction of sp³-hybridized carbons (Fsp3) is 0.933. The van der Waals surface area contributed by atoms with Crippen molar-refractivity contribution in [1.29, 1.82) is 0 Å². The molecule has 1 spiro atoms. The number of hydrogen-bond acceptors (Lipinski definition) is 4. The third kappa shape index (κ3) is 7.27. The van der Waals surface area contributed by atoms with E-state index in [2.05, 4.69) is 87.5 Å². The number of rotatable bonds is 9. The Morgan fingerprint density at radius 1 is 0.944 bits per heavy atom. The van der Waals surface area contributed by atoms with Crippen LogP contribution >= 0.6 is 0 Å². The van der Waals surface area contributed by atoms with Gasteiger partial charge in [0.1, 0.15) is 6.10 Å². The maximum absolute atomic E-state index is 7.15. The summed E-state index contributed by atoms with van der Waals surface area (Å²) in [4.78, 5) is 0. The molecule has 6 heteroatoms. The van der Waals surface area contributed by atoms with Crippen LogP contribution in [0, 0.1) is 18.3 Å². The topological polar surface area (TPSA) is 36.9 Å². The number of terminal acetylenes is 1. The lowest BCUT2D eigenvalue weighted by Gasteiger charge is -2.55. The molecule has 0 aromatic heterocycles. The molecule has 2 fully saturated rings. The summed E-state index contributed by atoms with van der Waals surface area (Å²) in [5.74, 6) is 2.92. The first-order valence-electron chi connectivity index (χ1n) is 14.5. The Kier molecular flexibility index (Phi) is 10.3. The van der Waals surface area contributed by atoms with Gasteiger partial charge in [0.05, 0.1) is 11.7 Å². The summed E-state index contributed by atoms with van der Waals surface area (Å²) in [5, 5.41) is 0.332. The van der Waals surface area contributed by atoms with Crippen molar-refractivity contribution in [3.63, 3.8) is 0 Å². The number of hydrogen-bond donors (Lipinski definition) is 0. The van der Waals surface area contributed by atoms with Gasteiger partial charge in [-0.1, -0.05) is 74.2 Å². The molecule has 2 heterocycles. The maximum Gasteiger partial charge on any atom is 0.193 e. The molecule has 0 N–H and O–H groups in total. The van der Waals surface area contributed by atoms with Crippen LogP contribution in [0.4, 0.5) is 0 Å². The lowest BCUT2D eigenvalue weighted by atomic mass is 9.79. The molecule has 0 aliphatic carbocycles. The van der Waals surface area contributed by atoms with Gasteiger partial charge in [0, 0.05) is 19.4 Å². The Labute approximate surface area is 226 Å². The molecule has 2 aliphatic rings. The molecule has 2 aliphatic heterocycles. The van der Waals surface area contributed by atoms with E-state index in [-0.39, 0.29) is 22.3 Å². The van der Waals surface area contributed by atoms with Crippen molar-refractivity contribution < 1.29 is 18.3 Å². The summed E-state index contributed by atoms with van der Waals surface area (Å²) in [6.45, 7) is 28.3. The third-order valence-corrected chi connectivity index (χ3v) is 18.8. The van der Waals surface area contributed by atoms with E-state index >= 15 is 0 Å². The van der Waals surface area contributed by atoms with Crippen LogP contribution in [0.15, 0.2) is 0 Å². The van der Waals surface area contributed by atoms with Gasteiger partial charge in [-0.2, -0.15) is 0 Å². The van der Waals surface area contributed by atoms with Gasteiger partial charge in [0.15, 0.2) is 22.4 Å². The Hall–Kier alpha value is -0.166. The van der Waals surface area contributed by atoms with E-state index in [0.717, 1.165) is 58.0 Å². The van der Waals surface area contributed by atoms with Crippen LogP contribution in [-0.4, -0.2) is 46.8 Å². The molecule has 0 amide bonds. The molecule has 4 nitrogen and oxygen atoms in total. The fourth-order valence-corrected chi connectivity index (χ4v) is 7.69. The van der Waals surface area contributed by atoms with Crippen LogP contribution in [0.3, 0.4) is 0 Å². The Morgan fingerprint density at radius 3 is 2.08 bits per heavy atom. The summed E-state index contributed by atoms with van der Waals surface area (Å²) in [6.07, 6.45) is 13.7. The average molecular weight is 539 g/mol. The zero-order valence-corrected chi connectivity index (χ0v) is 27.8. The minimum absolute atomic E-state index is 0.118. The highest BCUT2D eigenvalue weighted by molar-refractivity contribution is 6.74. The third-order valence-electron chi connectivity index (χ3n) is 9.76. The zero-order valence-electron chi connectivity index (χ0n) is 25.8. The Morgan fingerprint density at radius 2 is 1.56 bits per heavy atom. The van der Waals surface area contributed by atoms with Gasteiger partial charge in [-0.15, -0.1) is 6.42 Å². The van der Waals surface area contributed by atoms with Crippen molar-refractivity contribution in [3.8, 4) is 12.3 Å². The maximum atomic E-state index is 7.15. The van der Waals surface area contributed by atoms with E-state index in [1.807, 2.05) is 0 Å². The van der Waals surface area contributed by atoms with E-state index in [9.17, 15) is 0 Å². The van der Waals surface area contributed by atoms with Crippen LogP contribution < -0.4 is 0 Å². The lowest BCUT2D eigenvalue weighted by Crippen LogP contribution is -2.62. The summed E-state index contributed by atoms with van der Waals surface area (Å²) in [5.41, 5.74) is -0.424. The first kappa shape index (κ1) is 32.0. The quantitative estimate of drug-likeness (QED) is 0.217. The fourth-order valence-electron chi connectivity index (χ4n) is 4.99. The smallest absolute Gasteiger partial charge is 0.193 e. The van der Waals surface area contributed by atoms with Gasteiger partial charge < -0.3 is 18.3 Å². The predicted octanol–water partition coefficient (Wildman–Crippen LogP) is 8.67. The zero-order chi connectivity index (χ0) is 27.6. The second kappa shape index (κ2) is 11.5. The second-order valence-corrected chi connectivity index (χ2v) is 24.2. The Bertz CT molecular complexity index is 760. The van der Waals surface area contributed by atoms with Crippen molar-refractivity contribution >= 4 is 16.6 Å². The summed E-state index contributed by atoms with van der Waals surface area (Å²) in [7, 11) is -3.81. The van der Waals surface area contributed by atoms with Crippen LogP contribution in [0.25, 0.3) is 0 Å². The van der Waals surface area contributed by atoms with Gasteiger partial charge in [0.25, 0.3) is 0 Å². The molecule has 2 rings (SSSR count). The van der Waals surface area contributed by atoms with Crippen molar-refractivity contribution in [2.45, 2.75) is 167 Å². The van der Waals surface area contributed by atoms with Crippen molar-refractivity contribution in [2.75, 3.05) is 6.61 Å². The molecule has 2 saturated heterocycles. The summed E-state index contributed by atoms with van der Waals surface area (Å²) in [6, 6.07) is 0. The normalized spacial score (nSPS) is 32.5. The van der Waals surface area contributed by atoms with Crippen molar-refractivity contribution in [2.24, 2.45) is 5.92 Å². The van der Waals surface area contributed by atoms with Crippen molar-refractivity contribution in [1.82, 2.24) is 0 Å². The number of ether oxygens (including phenoxy) is 2. The molecule has 210 valence electrons. The van der Waals surface area contributed by atoms with Gasteiger partial charge in [-0.05, 0) is 67.9 Å². The molecule has 0 radical (unpaired) electrons. The van der Waals surface area contributed by atoms with Gasteiger partial charge >= 0.3 is 0 Å². The van der Waals surface area contributed by atoms with E-state index in [1.54, 1.807) is 0 Å². The lowest BCUT2D eigenvalue weighted by molar-refractivity contribution is -0.341. The first-order valence-corrected chi connectivity index (χ1v) is 20.3. The van der Waals surface area contributed by atoms with Crippen LogP contribution in [-0.2, 0) is 18.3 Å². The van der Waals surface area contributed by atoms with Crippen molar-refractivity contribution in [3.05, 3.63) is 0 Å². The van der Waals surface area contributed by atoms with E-state index in [1.165, 1.54) is 0 Å². The van der Waals surface area contributed by atoms with E-state index in [0.29, 0.717) is 5.92 Å². The predicted molar refractivity (Wildman–Crippen MR) is 157 cm³/mol. The van der Waals surface area contributed by atoms with Crippen LogP contribution in [0.5, 0.6) is 0 Å². The first-order chi connectivity index (χ1) is 16.3. The molecule has 0 saturated carbocycles. The number of unbranched alkanes of at least 4 members (excludes halogenated alkanes) is 1. The summed E-state index contributed by atoms with van der Waals surface area (Å²) < 4.78 is 27.3. The molecular formula is C30H58O4Si2. The highest BCUT2D eigenvalue weighted by atomic mass is 28.4. The van der Waals surface area contributed by atoms with Gasteiger partial charge in [-0.3, -0.25) is 0 Å². The molecule has 0 aromatic rings. The molecule has 36 heavy (non-hydrogen) atoms. The molecule has 0 unspecified atom stereocenters. The highest BCUT2D eigenvalue weighted by Gasteiger charge is 2.56. The van der Waals surface area contributed by atoms with Gasteiger partial charge in [-0.25, -0.2) is 0 Å². The molecule has 0 bridgehead atoms. The van der Waals surface area contributed by atoms with E-state index in [4.69, 9.17) is 24.7 Å². The monoisotopic (exact) mass is 538 g/mol.